The van der Waals surface area contributed by atoms with E-state index in [-0.39, 0.29) is 12.4 Å². The Labute approximate surface area is 240 Å². The molecule has 240 valence electrons. The Kier molecular flexibility index (Phi) is 12.3. The number of carbonyl (C=O) groups is 1. The van der Waals surface area contributed by atoms with Crippen molar-refractivity contribution in [3.05, 3.63) is 0 Å². The summed E-state index contributed by atoms with van der Waals surface area (Å²) >= 11 is 0. The third-order valence-electron chi connectivity index (χ3n) is 7.42. The highest BCUT2D eigenvalue weighted by Crippen LogP contribution is 2.39. The summed E-state index contributed by atoms with van der Waals surface area (Å²) in [5.74, 6) is -0.575. The number of rotatable bonds is 9. The van der Waals surface area contributed by atoms with E-state index in [1.165, 1.54) is 14.0 Å². The molecule has 3 rings (SSSR count). The molecule has 0 radical (unpaired) electrons. The summed E-state index contributed by atoms with van der Waals surface area (Å²) < 4.78 is 27.7. The predicted molar refractivity (Wildman–Crippen MR) is 136 cm³/mol. The van der Waals surface area contributed by atoms with Crippen LogP contribution in [0, 0.1) is 0 Å². The molecule has 3 fully saturated rings. The predicted octanol–water partition coefficient (Wildman–Crippen LogP) is -7.12. The van der Waals surface area contributed by atoms with Crippen molar-refractivity contribution < 1.29 is 69.3 Å². The lowest BCUT2D eigenvalue weighted by molar-refractivity contribution is -0.319. The lowest BCUT2D eigenvalue weighted by Gasteiger charge is -2.46. The maximum Gasteiger partial charge on any atom is 0.404 e. The molecule has 2 saturated heterocycles. The molecule has 15 N–H and O–H groups in total. The van der Waals surface area contributed by atoms with Gasteiger partial charge in [-0.3, -0.25) is 0 Å². The Hall–Kier alpha value is -1.69. The van der Waals surface area contributed by atoms with Gasteiger partial charge >= 0.3 is 6.09 Å². The van der Waals surface area contributed by atoms with Crippen LogP contribution in [0.3, 0.4) is 0 Å². The zero-order chi connectivity index (χ0) is 30.1. The second-order valence-electron chi connectivity index (χ2n) is 9.89. The van der Waals surface area contributed by atoms with Crippen molar-refractivity contribution in [3.63, 3.8) is 0 Å². The van der Waals surface area contributed by atoms with Gasteiger partial charge in [0.05, 0.1) is 25.4 Å². The second kappa shape index (κ2) is 14.2. The van der Waals surface area contributed by atoms with E-state index in [1.807, 2.05) is 0 Å². The summed E-state index contributed by atoms with van der Waals surface area (Å²) in [6, 6.07) is -2.69. The molecular weight excluding hydrogens is 582 g/mol. The number of amides is 1. The fourth-order valence-electron chi connectivity index (χ4n) is 5.10. The average molecular weight is 622 g/mol. The fourth-order valence-corrected chi connectivity index (χ4v) is 5.10. The Balaban J connectivity index is 0.00000588. The number of primary amides is 1. The Morgan fingerprint density at radius 1 is 0.927 bits per heavy atom. The number of nitrogens with one attached hydrogen (secondary N) is 1. The van der Waals surface area contributed by atoms with Gasteiger partial charge in [-0.1, -0.05) is 0 Å². The highest BCUT2D eigenvalue weighted by atomic mass is 35.5. The maximum absolute atomic E-state index is 11.3. The number of hydrogen-bond donors (Lipinski definition) is 12. The highest BCUT2D eigenvalue weighted by Gasteiger charge is 2.60. The second-order valence-corrected chi connectivity index (χ2v) is 9.89. The number of guanidine groups is 1. The van der Waals surface area contributed by atoms with Crippen molar-refractivity contribution >= 4 is 24.5 Å². The Morgan fingerprint density at radius 3 is 2.05 bits per heavy atom. The molecule has 1 aliphatic carbocycles. The van der Waals surface area contributed by atoms with Crippen LogP contribution < -0.4 is 22.5 Å². The number of ether oxygens (including phenoxy) is 5. The van der Waals surface area contributed by atoms with Crippen molar-refractivity contribution in [1.29, 1.82) is 0 Å². The van der Waals surface area contributed by atoms with E-state index >= 15 is 0 Å². The number of halogens is 1. The number of hydrogen-bond acceptors (Lipinski definition) is 16. The van der Waals surface area contributed by atoms with Gasteiger partial charge in [0.25, 0.3) is 0 Å². The summed E-state index contributed by atoms with van der Waals surface area (Å²) in [5, 5.41) is 86.5. The molecule has 15 atom stereocenters. The fraction of sp³-hybridized carbons (Fsp3) is 0.905. The standard InChI is InChI=1S/C21H39N5O14.ClH/c1-5-21(35,4-28)16(40-17-8(25-2)10(30)9(29)6(3-27)37-17)18(36-5)38-14-7(26-19(22)23)11(31)15(39-20(24)34)13(33)12(14)32;/h5-18,25,27-33,35H,3-4H2,1-2H3,(H2,24,34)(H4,22,23,26);1H/t5-,6-,7-,8-,9-,10-,11-,12+,13+,14-,15-,16-,17-,18-,21+;/m0./s1. The van der Waals surface area contributed by atoms with Gasteiger partial charge in [-0.15, -0.1) is 12.4 Å². The van der Waals surface area contributed by atoms with Crippen molar-refractivity contribution in [1.82, 2.24) is 5.32 Å². The van der Waals surface area contributed by atoms with Crippen LogP contribution in [0.15, 0.2) is 4.99 Å². The zero-order valence-corrected chi connectivity index (χ0v) is 22.9. The van der Waals surface area contributed by atoms with Gasteiger partial charge in [0.2, 0.25) is 0 Å². The molecule has 19 nitrogen and oxygen atoms in total. The monoisotopic (exact) mass is 621 g/mol. The molecule has 20 heteroatoms. The molecule has 1 amide bonds. The minimum Gasteiger partial charge on any atom is -0.441 e. The van der Waals surface area contributed by atoms with Crippen LogP contribution in [-0.4, -0.2) is 164 Å². The molecule has 2 aliphatic heterocycles. The van der Waals surface area contributed by atoms with Crippen LogP contribution in [0.25, 0.3) is 0 Å². The van der Waals surface area contributed by atoms with Crippen LogP contribution in [0.1, 0.15) is 6.92 Å². The molecule has 2 heterocycles. The third-order valence-corrected chi connectivity index (χ3v) is 7.42. The molecular formula is C21H40ClN5O14. The number of likely N-dealkylation sites (N-methyl/N-ethyl adjacent to an activating group) is 1. The van der Waals surface area contributed by atoms with E-state index < -0.39 is 117 Å². The van der Waals surface area contributed by atoms with Crippen molar-refractivity contribution in [2.45, 2.75) is 98.2 Å². The molecule has 41 heavy (non-hydrogen) atoms. The molecule has 0 aromatic rings. The number of nitrogens with zero attached hydrogens (tertiary/aromatic N) is 1. The Bertz CT molecular complexity index is 907. The molecule has 1 saturated carbocycles. The van der Waals surface area contributed by atoms with E-state index in [2.05, 4.69) is 10.3 Å². The smallest absolute Gasteiger partial charge is 0.404 e. The molecule has 0 aromatic carbocycles. The number of aliphatic imine (C=N–C) groups is 1. The third kappa shape index (κ3) is 6.94. The largest absolute Gasteiger partial charge is 0.441 e. The van der Waals surface area contributed by atoms with E-state index in [4.69, 9.17) is 40.9 Å². The van der Waals surface area contributed by atoms with Gasteiger partial charge < -0.3 is 87.1 Å². The topological polar surface area (TPSA) is 328 Å². The summed E-state index contributed by atoms with van der Waals surface area (Å²) in [5.41, 5.74) is 13.8. The first-order chi connectivity index (χ1) is 18.7. The van der Waals surface area contributed by atoms with Crippen LogP contribution in [0.5, 0.6) is 0 Å². The van der Waals surface area contributed by atoms with Crippen LogP contribution >= 0.6 is 12.4 Å². The summed E-state index contributed by atoms with van der Waals surface area (Å²) in [6.07, 6.45) is -20.8. The number of aliphatic hydroxyl groups excluding tert-OH is 7. The first-order valence-corrected chi connectivity index (χ1v) is 12.4. The summed E-state index contributed by atoms with van der Waals surface area (Å²) in [7, 11) is 1.42. The SMILES string of the molecule is CN[C@@H]1[C@H](O[C@H]2[C@H](O[C@@H]3[C@H](O)[C@@H](O)[C@@H](OC(N)=O)[C@@H](O)[C@@H]3N=C(N)N)O[C@@H](C)[C@]2(O)CO)O[C@@H](CO)[C@H](O)[C@H]1O.Cl. The minimum atomic E-state index is -2.18. The zero-order valence-electron chi connectivity index (χ0n) is 22.1. The van der Waals surface area contributed by atoms with Crippen molar-refractivity contribution in [3.8, 4) is 0 Å². The van der Waals surface area contributed by atoms with Gasteiger partial charge in [0.15, 0.2) is 24.6 Å². The summed E-state index contributed by atoms with van der Waals surface area (Å²) in [4.78, 5) is 15.1. The molecule has 0 aromatic heterocycles. The van der Waals surface area contributed by atoms with Crippen molar-refractivity contribution in [2.24, 2.45) is 22.2 Å². The van der Waals surface area contributed by atoms with Gasteiger partial charge in [0, 0.05) is 0 Å². The van der Waals surface area contributed by atoms with E-state index in [1.54, 1.807) is 0 Å². The molecule has 0 bridgehead atoms. The normalized spacial score (nSPS) is 46.4. The van der Waals surface area contributed by atoms with E-state index in [0.717, 1.165) is 0 Å². The minimum absolute atomic E-state index is 0. The van der Waals surface area contributed by atoms with Crippen molar-refractivity contribution in [2.75, 3.05) is 20.3 Å². The van der Waals surface area contributed by atoms with E-state index in [9.17, 15) is 45.6 Å². The molecule has 0 spiro atoms. The first kappa shape index (κ1) is 35.5. The number of carbonyl (C=O) groups excluding carboxylic acids is 1. The summed E-state index contributed by atoms with van der Waals surface area (Å²) in [6.45, 7) is -0.267. The molecule has 0 unspecified atom stereocenters. The number of nitrogens with two attached hydrogens (primary N) is 3. The first-order valence-electron chi connectivity index (χ1n) is 12.4. The molecule has 3 aliphatic rings. The Morgan fingerprint density at radius 2 is 1.54 bits per heavy atom. The van der Waals surface area contributed by atoms with E-state index in [0.29, 0.717) is 0 Å². The van der Waals surface area contributed by atoms with Gasteiger partial charge in [0.1, 0.15) is 60.5 Å². The highest BCUT2D eigenvalue weighted by molar-refractivity contribution is 5.85. The average Bonchev–Trinajstić information content (AvgIpc) is 3.13. The van der Waals surface area contributed by atoms with Gasteiger partial charge in [-0.05, 0) is 14.0 Å². The number of aliphatic hydroxyl groups is 8. The van der Waals surface area contributed by atoms with Crippen LogP contribution in [0.2, 0.25) is 0 Å². The lowest BCUT2D eigenvalue weighted by atomic mass is 9.83. The quantitative estimate of drug-likeness (QED) is 0.0839. The van der Waals surface area contributed by atoms with Gasteiger partial charge in [-0.25, -0.2) is 9.79 Å². The van der Waals surface area contributed by atoms with Gasteiger partial charge in [-0.2, -0.15) is 0 Å². The lowest BCUT2D eigenvalue weighted by Crippen LogP contribution is -2.67. The van der Waals surface area contributed by atoms with Crippen LogP contribution in [-0.2, 0) is 23.7 Å². The van der Waals surface area contributed by atoms with Crippen LogP contribution in [0.4, 0.5) is 4.79 Å². The maximum atomic E-state index is 11.3.